The maximum atomic E-state index is 5.55. The van der Waals surface area contributed by atoms with E-state index >= 15 is 0 Å². The second-order valence-corrected chi connectivity index (χ2v) is 7.37. The van der Waals surface area contributed by atoms with Crippen molar-refractivity contribution in [3.05, 3.63) is 60.2 Å². The van der Waals surface area contributed by atoms with Crippen molar-refractivity contribution in [1.29, 1.82) is 0 Å². The third-order valence-electron chi connectivity index (χ3n) is 5.45. The van der Waals surface area contributed by atoms with Gasteiger partial charge in [0.05, 0.1) is 6.04 Å². The van der Waals surface area contributed by atoms with Crippen LogP contribution in [0.3, 0.4) is 0 Å². The molecule has 26 heavy (non-hydrogen) atoms. The smallest absolute Gasteiger partial charge is 0.244 e. The summed E-state index contributed by atoms with van der Waals surface area (Å²) in [5.41, 5.74) is 2.44. The Bertz CT molecular complexity index is 831. The van der Waals surface area contributed by atoms with Gasteiger partial charge in [-0.15, -0.1) is 0 Å². The molecule has 0 spiro atoms. The van der Waals surface area contributed by atoms with Crippen molar-refractivity contribution < 1.29 is 4.52 Å². The molecule has 5 nitrogen and oxygen atoms in total. The van der Waals surface area contributed by atoms with E-state index in [-0.39, 0.29) is 6.04 Å². The summed E-state index contributed by atoms with van der Waals surface area (Å²) in [6.45, 7) is 4.34. The van der Waals surface area contributed by atoms with E-state index in [1.165, 1.54) is 24.8 Å². The maximum absolute atomic E-state index is 5.55. The Labute approximate surface area is 154 Å². The lowest BCUT2D eigenvalue weighted by atomic mass is 9.89. The zero-order valence-corrected chi connectivity index (χ0v) is 15.5. The first kappa shape index (κ1) is 17.0. The lowest BCUT2D eigenvalue weighted by molar-refractivity contribution is 0.119. The van der Waals surface area contributed by atoms with E-state index in [0.717, 1.165) is 24.6 Å². The molecule has 4 rings (SSSR count). The van der Waals surface area contributed by atoms with Crippen molar-refractivity contribution in [1.82, 2.24) is 19.6 Å². The lowest BCUT2D eigenvalue weighted by Gasteiger charge is -2.34. The average molecular weight is 350 g/mol. The van der Waals surface area contributed by atoms with Crippen LogP contribution >= 0.6 is 0 Å². The van der Waals surface area contributed by atoms with Crippen molar-refractivity contribution >= 4 is 0 Å². The summed E-state index contributed by atoms with van der Waals surface area (Å²) in [5, 5.41) is 4.16. The Hall–Kier alpha value is -2.40. The minimum Gasteiger partial charge on any atom is -0.357 e. The van der Waals surface area contributed by atoms with Crippen LogP contribution in [0.15, 0.2) is 53.3 Å². The zero-order chi connectivity index (χ0) is 17.9. The molecule has 0 bridgehead atoms. The van der Waals surface area contributed by atoms with Crippen LogP contribution < -0.4 is 0 Å². The van der Waals surface area contributed by atoms with E-state index in [1.807, 2.05) is 30.1 Å². The van der Waals surface area contributed by atoms with Crippen molar-refractivity contribution in [2.75, 3.05) is 13.1 Å². The largest absolute Gasteiger partial charge is 0.357 e. The molecule has 0 saturated carbocycles. The molecular weight excluding hydrogens is 324 g/mol. The zero-order valence-electron chi connectivity index (χ0n) is 15.5. The van der Waals surface area contributed by atoms with Crippen LogP contribution in [0, 0.1) is 5.92 Å². The van der Waals surface area contributed by atoms with Gasteiger partial charge in [-0.25, -0.2) is 0 Å². The molecule has 1 atom stereocenters. The molecule has 1 saturated heterocycles. The Kier molecular flexibility index (Phi) is 4.89. The summed E-state index contributed by atoms with van der Waals surface area (Å²) in [6.07, 6.45) is 7.63. The number of benzene rings is 1. The van der Waals surface area contributed by atoms with Crippen LogP contribution in [-0.2, 0) is 13.5 Å². The summed E-state index contributed by atoms with van der Waals surface area (Å²) >= 11 is 0. The van der Waals surface area contributed by atoms with E-state index < -0.39 is 0 Å². The predicted molar refractivity (Wildman–Crippen MR) is 102 cm³/mol. The van der Waals surface area contributed by atoms with Crippen LogP contribution in [0.4, 0.5) is 0 Å². The number of nitrogens with zero attached hydrogens (tertiary/aromatic N) is 4. The second kappa shape index (κ2) is 7.46. The number of aryl methyl sites for hydroxylation is 1. The monoisotopic (exact) mass is 350 g/mol. The molecule has 1 unspecified atom stereocenters. The molecule has 0 N–H and O–H groups in total. The molecule has 1 aromatic carbocycles. The van der Waals surface area contributed by atoms with Crippen LogP contribution in [-0.4, -0.2) is 32.7 Å². The van der Waals surface area contributed by atoms with Crippen LogP contribution in [0.1, 0.15) is 37.3 Å². The second-order valence-electron chi connectivity index (χ2n) is 7.37. The number of likely N-dealkylation sites (tertiary alicyclic amines) is 1. The fraction of sp³-hybridized carbons (Fsp3) is 0.429. The molecule has 136 valence electrons. The number of hydrogen-bond donors (Lipinski definition) is 0. The van der Waals surface area contributed by atoms with Gasteiger partial charge in [0.2, 0.25) is 11.7 Å². The molecule has 5 heteroatoms. The quantitative estimate of drug-likeness (QED) is 0.695. The summed E-state index contributed by atoms with van der Waals surface area (Å²) in [7, 11) is 1.99. The molecule has 0 amide bonds. The Morgan fingerprint density at radius 1 is 1.15 bits per heavy atom. The summed E-state index contributed by atoms with van der Waals surface area (Å²) in [6, 6.07) is 13.0. The first-order valence-electron chi connectivity index (χ1n) is 9.43. The number of rotatable bonds is 5. The highest BCUT2D eigenvalue weighted by Crippen LogP contribution is 2.28. The normalized spacial score (nSPS) is 17.5. The summed E-state index contributed by atoms with van der Waals surface area (Å²) in [4.78, 5) is 7.09. The minimum absolute atomic E-state index is 0.164. The van der Waals surface area contributed by atoms with Gasteiger partial charge < -0.3 is 9.09 Å². The van der Waals surface area contributed by atoms with Gasteiger partial charge in [-0.1, -0.05) is 35.5 Å². The van der Waals surface area contributed by atoms with Crippen molar-refractivity contribution in [3.63, 3.8) is 0 Å². The highest BCUT2D eigenvalue weighted by atomic mass is 16.5. The molecule has 1 aliphatic rings. The molecular formula is C21H26N4O. The highest BCUT2D eigenvalue weighted by Gasteiger charge is 2.27. The van der Waals surface area contributed by atoms with Crippen LogP contribution in [0.5, 0.6) is 0 Å². The van der Waals surface area contributed by atoms with Gasteiger partial charge >= 0.3 is 0 Å². The van der Waals surface area contributed by atoms with Gasteiger partial charge in [-0.2, -0.15) is 4.98 Å². The summed E-state index contributed by atoms with van der Waals surface area (Å²) < 4.78 is 7.55. The first-order valence-corrected chi connectivity index (χ1v) is 9.43. The van der Waals surface area contributed by atoms with E-state index in [0.29, 0.717) is 11.7 Å². The fourth-order valence-corrected chi connectivity index (χ4v) is 3.81. The lowest BCUT2D eigenvalue weighted by Crippen LogP contribution is -2.36. The predicted octanol–water partition coefficient (Wildman–Crippen LogP) is 4.09. The Balaban J connectivity index is 1.35. The van der Waals surface area contributed by atoms with E-state index in [1.54, 1.807) is 0 Å². The third-order valence-corrected chi connectivity index (χ3v) is 5.45. The third kappa shape index (κ3) is 3.73. The Morgan fingerprint density at radius 3 is 2.62 bits per heavy atom. The molecule has 0 aliphatic carbocycles. The standard InChI is InChI=1S/C21H26N4O/c1-16(21-22-20(23-26-21)19-10-11-24(2)15-19)25-12-8-18(9-13-25)14-17-6-4-3-5-7-17/h3-7,10-11,15-16,18H,8-9,12-14H2,1-2H3. The van der Waals surface area contributed by atoms with E-state index in [2.05, 4.69) is 52.3 Å². The number of piperidine rings is 1. The summed E-state index contributed by atoms with van der Waals surface area (Å²) in [5.74, 6) is 2.15. The van der Waals surface area contributed by atoms with E-state index in [4.69, 9.17) is 4.52 Å². The van der Waals surface area contributed by atoms with Gasteiger partial charge in [-0.3, -0.25) is 4.90 Å². The van der Waals surface area contributed by atoms with E-state index in [9.17, 15) is 0 Å². The molecule has 0 radical (unpaired) electrons. The van der Waals surface area contributed by atoms with Crippen molar-refractivity contribution in [2.45, 2.75) is 32.2 Å². The fourth-order valence-electron chi connectivity index (χ4n) is 3.81. The highest BCUT2D eigenvalue weighted by molar-refractivity contribution is 5.52. The Morgan fingerprint density at radius 2 is 1.92 bits per heavy atom. The van der Waals surface area contributed by atoms with Gasteiger partial charge in [0.1, 0.15) is 0 Å². The molecule has 1 fully saturated rings. The van der Waals surface area contributed by atoms with Gasteiger partial charge in [0, 0.05) is 25.0 Å². The molecule has 2 aromatic heterocycles. The van der Waals surface area contributed by atoms with Crippen molar-refractivity contribution in [2.24, 2.45) is 13.0 Å². The van der Waals surface area contributed by atoms with Crippen LogP contribution in [0.25, 0.3) is 11.4 Å². The van der Waals surface area contributed by atoms with Crippen LogP contribution in [0.2, 0.25) is 0 Å². The van der Waals surface area contributed by atoms with Gasteiger partial charge in [0.15, 0.2) is 0 Å². The minimum atomic E-state index is 0.164. The molecule has 3 heterocycles. The SMILES string of the molecule is CC(c1nc(-c2ccn(C)c2)no1)N1CCC(Cc2ccccc2)CC1. The van der Waals surface area contributed by atoms with Crippen molar-refractivity contribution in [3.8, 4) is 11.4 Å². The van der Waals surface area contributed by atoms with Gasteiger partial charge in [-0.05, 0) is 56.8 Å². The topological polar surface area (TPSA) is 47.1 Å². The maximum Gasteiger partial charge on any atom is 0.244 e. The van der Waals surface area contributed by atoms with Gasteiger partial charge in [0.25, 0.3) is 0 Å². The number of aromatic nitrogens is 3. The molecule has 1 aliphatic heterocycles. The number of hydrogen-bond acceptors (Lipinski definition) is 4. The average Bonchev–Trinajstić information content (AvgIpc) is 3.32. The molecule has 3 aromatic rings. The first-order chi connectivity index (χ1) is 12.7.